The van der Waals surface area contributed by atoms with Crippen LogP contribution in [0.15, 0.2) is 71.2 Å². The molecular weight excluding hydrogens is 471 g/mol. The summed E-state index contributed by atoms with van der Waals surface area (Å²) in [5.74, 6) is 0. The molecule has 0 fully saturated rings. The average Bonchev–Trinajstić information content (AvgIpc) is 3.44. The number of aryl methyl sites for hydroxylation is 2. The van der Waals surface area contributed by atoms with Crippen LogP contribution in [0.4, 0.5) is 4.39 Å². The summed E-state index contributed by atoms with van der Waals surface area (Å²) < 4.78 is 20.2. The van der Waals surface area contributed by atoms with Crippen LogP contribution in [0.5, 0.6) is 0 Å². The molecule has 3 aromatic heterocycles. The van der Waals surface area contributed by atoms with Gasteiger partial charge < -0.3 is 14.9 Å². The zero-order chi connectivity index (χ0) is 24.6. The molecule has 4 rings (SSSR count). The highest BCUT2D eigenvalue weighted by atomic mass is 35.5. The van der Waals surface area contributed by atoms with Crippen molar-refractivity contribution in [3.05, 3.63) is 109 Å². The molecule has 34 heavy (non-hydrogen) atoms. The maximum absolute atomic E-state index is 17.2. The molecule has 2 N–H and O–H groups in total. The number of aromatic nitrogens is 3. The van der Waals surface area contributed by atoms with Gasteiger partial charge in [-0.2, -0.15) is 0 Å². The lowest BCUT2D eigenvalue weighted by Crippen LogP contribution is -2.43. The summed E-state index contributed by atoms with van der Waals surface area (Å²) in [6.07, 6.45) is 6.03. The minimum Gasteiger partial charge on any atom is -0.403 e. The Morgan fingerprint density at radius 2 is 1.97 bits per heavy atom. The van der Waals surface area contributed by atoms with Gasteiger partial charge in [0.05, 0.1) is 23.6 Å². The number of pyridine rings is 1. The summed E-state index contributed by atoms with van der Waals surface area (Å²) in [5, 5.41) is 3.58. The van der Waals surface area contributed by atoms with E-state index in [4.69, 9.17) is 17.3 Å². The van der Waals surface area contributed by atoms with Crippen LogP contribution >= 0.6 is 22.9 Å². The first kappa shape index (κ1) is 23.7. The normalized spacial score (nSPS) is 14.4. The molecule has 8 heteroatoms. The summed E-state index contributed by atoms with van der Waals surface area (Å²) in [7, 11) is 3.36. The number of hydrogen-bond acceptors (Lipinski definition) is 4. The fraction of sp³-hybridized carbons (Fsp3) is 0.154. The standard InChI is InChI=1S/C26H24ClFN4OS/c1-16-9-23(34-14-16)21-11-25(33)32(4)22(12-29)20(21)10-17(2)26(28,24-13-30-15-31(24)3)18-5-7-19(27)8-6-18/h5-15H,2,29H2,1,3-4H3/b20-10-,22-12+/t26-/m0/s1. The summed E-state index contributed by atoms with van der Waals surface area (Å²) in [6, 6.07) is 10.1. The van der Waals surface area contributed by atoms with Gasteiger partial charge in [-0.3, -0.25) is 4.79 Å². The molecule has 0 amide bonds. The monoisotopic (exact) mass is 494 g/mol. The van der Waals surface area contributed by atoms with E-state index in [2.05, 4.69) is 11.6 Å². The molecule has 0 aliphatic rings. The summed E-state index contributed by atoms with van der Waals surface area (Å²) in [6.45, 7) is 6.12. The SMILES string of the molecule is C=C(/C=c1/c(-c2cc(C)cs2)cc(=O)n(C)/c1=C/N)[C@](F)(c1ccc(Cl)cc1)c1cncn1C. The van der Waals surface area contributed by atoms with Crippen molar-refractivity contribution >= 4 is 35.2 Å². The molecule has 0 aliphatic carbocycles. The molecular formula is C26H24ClFN4OS. The van der Waals surface area contributed by atoms with Crippen LogP contribution in [0.25, 0.3) is 22.7 Å². The van der Waals surface area contributed by atoms with E-state index in [1.54, 1.807) is 55.1 Å². The van der Waals surface area contributed by atoms with Crippen molar-refractivity contribution in [2.75, 3.05) is 0 Å². The van der Waals surface area contributed by atoms with Crippen molar-refractivity contribution in [3.63, 3.8) is 0 Å². The fourth-order valence-corrected chi connectivity index (χ4v) is 5.06. The molecule has 0 unspecified atom stereocenters. The third-order valence-corrected chi connectivity index (χ3v) is 7.19. The molecule has 1 atom stereocenters. The summed E-state index contributed by atoms with van der Waals surface area (Å²) in [5.41, 5.74) is 6.20. The van der Waals surface area contributed by atoms with Crippen molar-refractivity contribution in [1.82, 2.24) is 14.1 Å². The lowest BCUT2D eigenvalue weighted by molar-refractivity contribution is 0.269. The molecule has 3 heterocycles. The van der Waals surface area contributed by atoms with E-state index >= 15 is 4.39 Å². The van der Waals surface area contributed by atoms with Gasteiger partial charge in [-0.05, 0) is 53.3 Å². The second-order valence-electron chi connectivity index (χ2n) is 8.13. The van der Waals surface area contributed by atoms with Crippen LogP contribution in [0.1, 0.15) is 16.8 Å². The van der Waals surface area contributed by atoms with Crippen molar-refractivity contribution in [1.29, 1.82) is 0 Å². The van der Waals surface area contributed by atoms with Gasteiger partial charge in [0.15, 0.2) is 0 Å². The van der Waals surface area contributed by atoms with E-state index < -0.39 is 5.67 Å². The maximum Gasteiger partial charge on any atom is 0.251 e. The number of thiophene rings is 1. The Balaban J connectivity index is 2.05. The maximum atomic E-state index is 17.2. The zero-order valence-electron chi connectivity index (χ0n) is 19.0. The predicted molar refractivity (Wildman–Crippen MR) is 138 cm³/mol. The smallest absolute Gasteiger partial charge is 0.251 e. The number of halogens is 2. The van der Waals surface area contributed by atoms with E-state index in [9.17, 15) is 4.79 Å². The quantitative estimate of drug-likeness (QED) is 0.459. The summed E-state index contributed by atoms with van der Waals surface area (Å²) in [4.78, 5) is 17.7. The van der Waals surface area contributed by atoms with Gasteiger partial charge in [0.1, 0.15) is 0 Å². The van der Waals surface area contributed by atoms with E-state index in [0.29, 0.717) is 32.4 Å². The van der Waals surface area contributed by atoms with Crippen LogP contribution in [0.3, 0.4) is 0 Å². The molecule has 5 nitrogen and oxygen atoms in total. The Hall–Kier alpha value is -3.42. The topological polar surface area (TPSA) is 65.8 Å². The number of nitrogens with zero attached hydrogens (tertiary/aromatic N) is 3. The van der Waals surface area contributed by atoms with E-state index in [0.717, 1.165) is 10.4 Å². The average molecular weight is 495 g/mol. The highest BCUT2D eigenvalue weighted by Gasteiger charge is 2.39. The molecule has 0 saturated carbocycles. The minimum absolute atomic E-state index is 0.162. The Morgan fingerprint density at radius 3 is 2.53 bits per heavy atom. The van der Waals surface area contributed by atoms with Crippen LogP contribution in [-0.4, -0.2) is 14.1 Å². The molecule has 1 aromatic carbocycles. The van der Waals surface area contributed by atoms with Gasteiger partial charge in [-0.15, -0.1) is 11.3 Å². The lowest BCUT2D eigenvalue weighted by atomic mass is 9.85. The second kappa shape index (κ2) is 9.08. The molecule has 0 spiro atoms. The first-order chi connectivity index (χ1) is 16.2. The largest absolute Gasteiger partial charge is 0.403 e. The molecule has 0 bridgehead atoms. The van der Waals surface area contributed by atoms with Crippen molar-refractivity contribution in [2.45, 2.75) is 12.6 Å². The number of allylic oxidation sites excluding steroid dienone is 1. The highest BCUT2D eigenvalue weighted by Crippen LogP contribution is 2.41. The van der Waals surface area contributed by atoms with Crippen LogP contribution < -0.4 is 21.9 Å². The molecule has 0 saturated heterocycles. The number of benzene rings is 1. The van der Waals surface area contributed by atoms with E-state index in [-0.39, 0.29) is 11.1 Å². The number of imidazole rings is 1. The summed E-state index contributed by atoms with van der Waals surface area (Å²) >= 11 is 7.58. The third-order valence-electron chi connectivity index (χ3n) is 5.85. The van der Waals surface area contributed by atoms with Crippen LogP contribution in [0.2, 0.25) is 5.02 Å². The second-order valence-corrected chi connectivity index (χ2v) is 9.48. The number of rotatable bonds is 5. The van der Waals surface area contributed by atoms with E-state index in [1.807, 2.05) is 18.4 Å². The number of hydrogen-bond donors (Lipinski definition) is 1. The Kier molecular flexibility index (Phi) is 6.34. The highest BCUT2D eigenvalue weighted by molar-refractivity contribution is 7.13. The van der Waals surface area contributed by atoms with Crippen molar-refractivity contribution < 1.29 is 4.39 Å². The first-order valence-corrected chi connectivity index (χ1v) is 11.7. The zero-order valence-corrected chi connectivity index (χ0v) is 20.6. The molecule has 4 aromatic rings. The Morgan fingerprint density at radius 1 is 1.26 bits per heavy atom. The van der Waals surface area contributed by atoms with Gasteiger partial charge in [0.25, 0.3) is 5.56 Å². The van der Waals surface area contributed by atoms with Gasteiger partial charge in [-0.1, -0.05) is 30.3 Å². The van der Waals surface area contributed by atoms with Crippen molar-refractivity contribution in [2.24, 2.45) is 19.8 Å². The predicted octanol–water partition coefficient (Wildman–Crippen LogP) is 3.76. The Labute approximate surface area is 205 Å². The fourth-order valence-electron chi connectivity index (χ4n) is 4.01. The molecule has 0 radical (unpaired) electrons. The Bertz CT molecular complexity index is 1570. The minimum atomic E-state index is -2.11. The number of nitrogens with two attached hydrogens (primary N) is 1. The van der Waals surface area contributed by atoms with Gasteiger partial charge >= 0.3 is 0 Å². The third kappa shape index (κ3) is 4.02. The first-order valence-electron chi connectivity index (χ1n) is 10.5. The van der Waals surface area contributed by atoms with E-state index in [1.165, 1.54) is 34.6 Å². The molecule has 0 aliphatic heterocycles. The van der Waals surface area contributed by atoms with Crippen molar-refractivity contribution in [3.8, 4) is 10.4 Å². The van der Waals surface area contributed by atoms with Gasteiger partial charge in [-0.25, -0.2) is 9.37 Å². The van der Waals surface area contributed by atoms with Crippen LogP contribution in [0, 0.1) is 6.92 Å². The van der Waals surface area contributed by atoms with Gasteiger partial charge in [0, 0.05) is 47.0 Å². The number of alkyl halides is 1. The molecule has 174 valence electrons. The lowest BCUT2D eigenvalue weighted by Gasteiger charge is -2.27. The van der Waals surface area contributed by atoms with Gasteiger partial charge in [0.2, 0.25) is 5.67 Å². The van der Waals surface area contributed by atoms with Crippen LogP contribution in [-0.2, 0) is 19.8 Å².